The highest BCUT2D eigenvalue weighted by Gasteiger charge is 2.31. The van der Waals surface area contributed by atoms with E-state index in [0.29, 0.717) is 11.8 Å². The summed E-state index contributed by atoms with van der Waals surface area (Å²) in [5.41, 5.74) is 2.04. The summed E-state index contributed by atoms with van der Waals surface area (Å²) in [7, 11) is 0. The summed E-state index contributed by atoms with van der Waals surface area (Å²) in [5, 5.41) is 0. The Balaban J connectivity index is 1.43. The molecule has 2 aliphatic rings. The Morgan fingerprint density at radius 2 is 1.75 bits per heavy atom. The quantitative estimate of drug-likeness (QED) is 0.871. The molecule has 0 unspecified atom stereocenters. The average Bonchev–Trinajstić information content (AvgIpc) is 2.61. The van der Waals surface area contributed by atoms with Crippen LogP contribution in [0.1, 0.15) is 19.3 Å². The zero-order chi connectivity index (χ0) is 16.4. The van der Waals surface area contributed by atoms with Crippen LogP contribution >= 0.6 is 0 Å². The maximum atomic E-state index is 12.3. The van der Waals surface area contributed by atoms with Crippen molar-refractivity contribution in [3.63, 3.8) is 0 Å². The molecular weight excluding hydrogens is 300 g/mol. The van der Waals surface area contributed by atoms with Crippen molar-refractivity contribution in [2.24, 2.45) is 5.92 Å². The molecule has 0 bridgehead atoms. The second-order valence-corrected chi connectivity index (χ2v) is 6.57. The van der Waals surface area contributed by atoms with Gasteiger partial charge in [-0.05, 0) is 12.8 Å². The molecule has 1 saturated carbocycles. The third kappa shape index (κ3) is 2.98. The largest absolute Gasteiger partial charge is 0.353 e. The zero-order valence-electron chi connectivity index (χ0n) is 13.8. The first-order valence-electron chi connectivity index (χ1n) is 8.72. The van der Waals surface area contributed by atoms with Crippen molar-refractivity contribution in [2.75, 3.05) is 31.1 Å². The van der Waals surface area contributed by atoms with Crippen LogP contribution in [0.5, 0.6) is 0 Å². The van der Waals surface area contributed by atoms with Crippen LogP contribution in [-0.2, 0) is 4.79 Å². The van der Waals surface area contributed by atoms with Gasteiger partial charge in [-0.3, -0.25) is 4.79 Å². The summed E-state index contributed by atoms with van der Waals surface area (Å²) in [5.74, 6) is 1.59. The summed E-state index contributed by atoms with van der Waals surface area (Å²) >= 11 is 0. The molecule has 24 heavy (non-hydrogen) atoms. The molecule has 1 amide bonds. The number of benzene rings is 1. The van der Waals surface area contributed by atoms with Crippen molar-refractivity contribution in [1.82, 2.24) is 14.9 Å². The van der Waals surface area contributed by atoms with E-state index in [2.05, 4.69) is 27.0 Å². The van der Waals surface area contributed by atoms with E-state index in [-0.39, 0.29) is 0 Å². The molecule has 2 aromatic rings. The van der Waals surface area contributed by atoms with Gasteiger partial charge in [-0.25, -0.2) is 9.97 Å². The Labute approximate surface area is 142 Å². The lowest BCUT2D eigenvalue weighted by Crippen LogP contribution is -2.51. The first-order valence-corrected chi connectivity index (χ1v) is 8.72. The molecule has 1 aliphatic carbocycles. The van der Waals surface area contributed by atoms with Crippen molar-refractivity contribution in [1.29, 1.82) is 0 Å². The minimum Gasteiger partial charge on any atom is -0.353 e. The molecule has 5 nitrogen and oxygen atoms in total. The lowest BCUT2D eigenvalue weighted by molar-refractivity contribution is -0.138. The molecule has 124 valence electrons. The van der Waals surface area contributed by atoms with Crippen LogP contribution in [0.3, 0.4) is 0 Å². The van der Waals surface area contributed by atoms with E-state index in [1.807, 2.05) is 29.2 Å². The molecule has 1 saturated heterocycles. The van der Waals surface area contributed by atoms with E-state index >= 15 is 0 Å². The highest BCUT2D eigenvalue weighted by molar-refractivity contribution is 5.80. The predicted molar refractivity (Wildman–Crippen MR) is 93.6 cm³/mol. The van der Waals surface area contributed by atoms with E-state index in [4.69, 9.17) is 0 Å². The highest BCUT2D eigenvalue weighted by Crippen LogP contribution is 2.29. The average molecular weight is 322 g/mol. The standard InChI is InChI=1S/C19H22N4O/c24-19(16-7-4-8-16)23-11-9-22(10-12-23)18-13-17(20-14-21-18)15-5-2-1-3-6-15/h1-3,5-6,13-14,16H,4,7-12H2. The van der Waals surface area contributed by atoms with Crippen LogP contribution in [0.2, 0.25) is 0 Å². The van der Waals surface area contributed by atoms with Gasteiger partial charge in [0.15, 0.2) is 0 Å². The summed E-state index contributed by atoms with van der Waals surface area (Å²) in [4.78, 5) is 25.4. The van der Waals surface area contributed by atoms with Gasteiger partial charge in [0.25, 0.3) is 0 Å². The number of amides is 1. The first-order chi connectivity index (χ1) is 11.8. The van der Waals surface area contributed by atoms with Gasteiger partial charge in [-0.15, -0.1) is 0 Å². The Morgan fingerprint density at radius 1 is 1.00 bits per heavy atom. The zero-order valence-corrected chi connectivity index (χ0v) is 13.8. The molecule has 0 N–H and O–H groups in total. The third-order valence-corrected chi connectivity index (χ3v) is 5.09. The number of carbonyl (C=O) groups is 1. The molecule has 0 atom stereocenters. The van der Waals surface area contributed by atoms with E-state index in [1.165, 1.54) is 6.42 Å². The van der Waals surface area contributed by atoms with Crippen molar-refractivity contribution in [2.45, 2.75) is 19.3 Å². The van der Waals surface area contributed by atoms with Crippen molar-refractivity contribution in [3.05, 3.63) is 42.7 Å². The number of rotatable bonds is 3. The number of hydrogen-bond acceptors (Lipinski definition) is 4. The summed E-state index contributed by atoms with van der Waals surface area (Å²) in [6, 6.07) is 12.2. The van der Waals surface area contributed by atoms with Gasteiger partial charge in [0, 0.05) is 43.7 Å². The van der Waals surface area contributed by atoms with Crippen molar-refractivity contribution in [3.8, 4) is 11.3 Å². The second-order valence-electron chi connectivity index (χ2n) is 6.57. The maximum absolute atomic E-state index is 12.3. The van der Waals surface area contributed by atoms with Gasteiger partial charge in [-0.2, -0.15) is 0 Å². The summed E-state index contributed by atoms with van der Waals surface area (Å²) in [6.07, 6.45) is 4.99. The van der Waals surface area contributed by atoms with E-state index in [9.17, 15) is 4.79 Å². The minimum absolute atomic E-state index is 0.292. The topological polar surface area (TPSA) is 49.3 Å². The van der Waals surface area contributed by atoms with Gasteiger partial charge in [0.2, 0.25) is 5.91 Å². The summed E-state index contributed by atoms with van der Waals surface area (Å²) in [6.45, 7) is 3.26. The van der Waals surface area contributed by atoms with Crippen LogP contribution in [0.4, 0.5) is 5.82 Å². The molecule has 1 aromatic carbocycles. The molecule has 1 aliphatic heterocycles. The number of aromatic nitrogens is 2. The smallest absolute Gasteiger partial charge is 0.225 e. The van der Waals surface area contributed by atoms with Crippen LogP contribution in [0.25, 0.3) is 11.3 Å². The Morgan fingerprint density at radius 3 is 2.42 bits per heavy atom. The fourth-order valence-electron chi connectivity index (χ4n) is 3.36. The van der Waals surface area contributed by atoms with Gasteiger partial charge < -0.3 is 9.80 Å². The molecule has 0 radical (unpaired) electrons. The SMILES string of the molecule is O=C(C1CCC1)N1CCN(c2cc(-c3ccccc3)ncn2)CC1. The fourth-order valence-corrected chi connectivity index (χ4v) is 3.36. The molecule has 5 heteroatoms. The normalized spacial score (nSPS) is 18.3. The molecule has 4 rings (SSSR count). The van der Waals surface area contributed by atoms with Gasteiger partial charge in [-0.1, -0.05) is 36.8 Å². The number of piperazine rings is 1. The third-order valence-electron chi connectivity index (χ3n) is 5.09. The van der Waals surface area contributed by atoms with E-state index in [1.54, 1.807) is 6.33 Å². The Hall–Kier alpha value is -2.43. The number of nitrogens with zero attached hydrogens (tertiary/aromatic N) is 4. The van der Waals surface area contributed by atoms with Crippen LogP contribution in [-0.4, -0.2) is 47.0 Å². The first kappa shape index (κ1) is 15.1. The number of carbonyl (C=O) groups excluding carboxylic acids is 1. The summed E-state index contributed by atoms with van der Waals surface area (Å²) < 4.78 is 0. The minimum atomic E-state index is 0.292. The van der Waals surface area contributed by atoms with Crippen molar-refractivity contribution < 1.29 is 4.79 Å². The molecule has 1 aromatic heterocycles. The molecular formula is C19H22N4O. The van der Waals surface area contributed by atoms with Gasteiger partial charge in [0.1, 0.15) is 12.1 Å². The molecule has 0 spiro atoms. The monoisotopic (exact) mass is 322 g/mol. The van der Waals surface area contributed by atoms with E-state index < -0.39 is 0 Å². The van der Waals surface area contributed by atoms with Crippen LogP contribution in [0.15, 0.2) is 42.7 Å². The van der Waals surface area contributed by atoms with Crippen molar-refractivity contribution >= 4 is 11.7 Å². The van der Waals surface area contributed by atoms with Gasteiger partial charge >= 0.3 is 0 Å². The predicted octanol–water partition coefficient (Wildman–Crippen LogP) is 2.59. The second kappa shape index (κ2) is 6.59. The molecule has 2 fully saturated rings. The van der Waals surface area contributed by atoms with Crippen LogP contribution in [0, 0.1) is 5.92 Å². The lowest BCUT2D eigenvalue weighted by Gasteiger charge is -2.38. The van der Waals surface area contributed by atoms with Crippen LogP contribution < -0.4 is 4.90 Å². The highest BCUT2D eigenvalue weighted by atomic mass is 16.2. The Bertz CT molecular complexity index is 706. The van der Waals surface area contributed by atoms with E-state index in [0.717, 1.165) is 56.1 Å². The van der Waals surface area contributed by atoms with Gasteiger partial charge in [0.05, 0.1) is 5.69 Å². The number of hydrogen-bond donors (Lipinski definition) is 0. The molecule has 2 heterocycles. The lowest BCUT2D eigenvalue weighted by atomic mass is 9.84. The maximum Gasteiger partial charge on any atom is 0.225 e. The number of anilines is 1. The fraction of sp³-hybridized carbons (Fsp3) is 0.421. The Kier molecular flexibility index (Phi) is 4.15.